The van der Waals surface area contributed by atoms with E-state index in [2.05, 4.69) is 0 Å². The van der Waals surface area contributed by atoms with Crippen LogP contribution in [0.25, 0.3) is 0 Å². The Labute approximate surface area is 109 Å². The van der Waals surface area contributed by atoms with Crippen LogP contribution in [0.2, 0.25) is 0 Å². The molecule has 1 aromatic rings. The van der Waals surface area contributed by atoms with Gasteiger partial charge in [0.2, 0.25) is 0 Å². The van der Waals surface area contributed by atoms with Crippen molar-refractivity contribution < 1.29 is 18.0 Å². The zero-order chi connectivity index (χ0) is 12.3. The van der Waals surface area contributed by atoms with Crippen LogP contribution >= 0.6 is 34.4 Å². The summed E-state index contributed by atoms with van der Waals surface area (Å²) in [4.78, 5) is 11.5. The van der Waals surface area contributed by atoms with Crippen molar-refractivity contribution in [1.82, 2.24) is 0 Å². The predicted octanol–water partition coefficient (Wildman–Crippen LogP) is 4.50. The van der Waals surface area contributed by atoms with E-state index in [1.54, 1.807) is 13.0 Å². The molecule has 0 fully saturated rings. The van der Waals surface area contributed by atoms with Gasteiger partial charge in [0.05, 0.1) is 0 Å². The third-order valence-corrected chi connectivity index (χ3v) is 3.27. The molecule has 0 aromatic heterocycles. The zero-order valence-electron chi connectivity index (χ0n) is 8.27. The Bertz CT molecular complexity index is 404. The van der Waals surface area contributed by atoms with Gasteiger partial charge in [-0.05, 0) is 52.6 Å². The van der Waals surface area contributed by atoms with Crippen molar-refractivity contribution in [3.8, 4) is 0 Å². The fraction of sp³-hybridized carbons (Fsp3) is 0.300. The minimum atomic E-state index is -4.37. The summed E-state index contributed by atoms with van der Waals surface area (Å²) in [5.74, 6) is -0.273. The van der Waals surface area contributed by atoms with Gasteiger partial charge in [0.15, 0.2) is 5.78 Å². The molecule has 0 aliphatic carbocycles. The highest BCUT2D eigenvalue weighted by Crippen LogP contribution is 2.39. The first kappa shape index (κ1) is 13.8. The van der Waals surface area contributed by atoms with Crippen molar-refractivity contribution in [1.29, 1.82) is 0 Å². The quantitative estimate of drug-likeness (QED) is 0.449. The Kier molecular flexibility index (Phi) is 4.66. The molecule has 0 amide bonds. The Morgan fingerprint density at radius 1 is 1.44 bits per heavy atom. The number of hydrogen-bond acceptors (Lipinski definition) is 2. The van der Waals surface area contributed by atoms with Crippen LogP contribution in [0, 0.1) is 3.57 Å². The Morgan fingerprint density at radius 2 is 2.06 bits per heavy atom. The summed E-state index contributed by atoms with van der Waals surface area (Å²) >= 11 is 1.72. The molecule has 0 saturated carbocycles. The Hall–Kier alpha value is -0.240. The molecule has 0 heterocycles. The minimum absolute atomic E-state index is 0.0280. The van der Waals surface area contributed by atoms with Gasteiger partial charge in [-0.1, -0.05) is 6.92 Å². The van der Waals surface area contributed by atoms with Gasteiger partial charge in [-0.2, -0.15) is 13.2 Å². The summed E-state index contributed by atoms with van der Waals surface area (Å²) in [6.45, 7) is 1.63. The lowest BCUT2D eigenvalue weighted by Crippen LogP contribution is -2.05. The highest BCUT2D eigenvalue weighted by atomic mass is 127. The number of rotatable bonds is 3. The van der Waals surface area contributed by atoms with Crippen molar-refractivity contribution in [2.75, 3.05) is 0 Å². The van der Waals surface area contributed by atoms with E-state index in [1.165, 1.54) is 12.1 Å². The molecular formula is C10H8F3IOS. The number of benzene rings is 1. The molecule has 0 atom stereocenters. The molecule has 0 bridgehead atoms. The smallest absolute Gasteiger partial charge is 0.294 e. The topological polar surface area (TPSA) is 17.1 Å². The number of ketones is 1. The number of alkyl halides is 3. The van der Waals surface area contributed by atoms with Gasteiger partial charge < -0.3 is 0 Å². The first-order valence-electron chi connectivity index (χ1n) is 4.42. The van der Waals surface area contributed by atoms with Crippen LogP contribution < -0.4 is 0 Å². The van der Waals surface area contributed by atoms with Gasteiger partial charge in [-0.15, -0.1) is 0 Å². The molecule has 0 radical (unpaired) electrons. The van der Waals surface area contributed by atoms with E-state index in [0.717, 1.165) is 3.57 Å². The van der Waals surface area contributed by atoms with Crippen LogP contribution in [0.3, 0.4) is 0 Å². The van der Waals surface area contributed by atoms with Gasteiger partial charge >= 0.3 is 5.51 Å². The number of Topliss-reactive ketones (excluding diaryl/α,β-unsaturated/α-hetero) is 1. The lowest BCUT2D eigenvalue weighted by atomic mass is 10.1. The van der Waals surface area contributed by atoms with Gasteiger partial charge in [0.25, 0.3) is 0 Å². The molecule has 1 nitrogen and oxygen atoms in total. The lowest BCUT2D eigenvalue weighted by Gasteiger charge is -2.10. The summed E-state index contributed by atoms with van der Waals surface area (Å²) in [6.07, 6.45) is 0.200. The second kappa shape index (κ2) is 5.39. The summed E-state index contributed by atoms with van der Waals surface area (Å²) in [5.41, 5.74) is -4.22. The molecule has 1 aromatic carbocycles. The molecule has 88 valence electrons. The standard InChI is InChI=1S/C10H8F3IOS/c1-2-8(15)7-5-6(14)3-4-9(7)16-10(11,12)13/h3-5H,2H2,1H3. The van der Waals surface area contributed by atoms with E-state index in [9.17, 15) is 18.0 Å². The van der Waals surface area contributed by atoms with Crippen molar-refractivity contribution in [3.05, 3.63) is 27.3 Å². The van der Waals surface area contributed by atoms with Gasteiger partial charge in [0.1, 0.15) is 0 Å². The van der Waals surface area contributed by atoms with E-state index >= 15 is 0 Å². The summed E-state index contributed by atoms with van der Waals surface area (Å²) < 4.78 is 37.5. The van der Waals surface area contributed by atoms with E-state index in [1.807, 2.05) is 22.6 Å². The van der Waals surface area contributed by atoms with Crippen LogP contribution in [-0.2, 0) is 0 Å². The normalized spacial score (nSPS) is 11.6. The van der Waals surface area contributed by atoms with Gasteiger partial charge in [-0.3, -0.25) is 4.79 Å². The number of halogens is 4. The number of carbonyl (C=O) groups excluding carboxylic acids is 1. The highest BCUT2D eigenvalue weighted by molar-refractivity contribution is 14.1. The molecule has 0 spiro atoms. The number of carbonyl (C=O) groups is 1. The fourth-order valence-corrected chi connectivity index (χ4v) is 2.28. The van der Waals surface area contributed by atoms with Crippen LogP contribution in [0.15, 0.2) is 23.1 Å². The summed E-state index contributed by atoms with van der Waals surface area (Å²) in [6, 6.07) is 4.38. The van der Waals surface area contributed by atoms with Crippen LogP contribution in [0.1, 0.15) is 23.7 Å². The minimum Gasteiger partial charge on any atom is -0.294 e. The average Bonchev–Trinajstić information content (AvgIpc) is 2.17. The van der Waals surface area contributed by atoms with Crippen molar-refractivity contribution in [2.24, 2.45) is 0 Å². The van der Waals surface area contributed by atoms with Crippen LogP contribution in [0.5, 0.6) is 0 Å². The average molecular weight is 360 g/mol. The molecular weight excluding hydrogens is 352 g/mol. The van der Waals surface area contributed by atoms with Crippen molar-refractivity contribution >= 4 is 40.1 Å². The fourth-order valence-electron chi connectivity index (χ4n) is 1.12. The maximum Gasteiger partial charge on any atom is 0.446 e. The van der Waals surface area contributed by atoms with Crippen molar-refractivity contribution in [3.63, 3.8) is 0 Å². The molecule has 0 unspecified atom stereocenters. The van der Waals surface area contributed by atoms with Gasteiger partial charge in [-0.25, -0.2) is 0 Å². The number of hydrogen-bond donors (Lipinski definition) is 0. The van der Waals surface area contributed by atoms with E-state index in [-0.39, 0.29) is 34.4 Å². The molecule has 0 aliphatic rings. The van der Waals surface area contributed by atoms with Gasteiger partial charge in [0, 0.05) is 20.4 Å². The predicted molar refractivity (Wildman–Crippen MR) is 65.7 cm³/mol. The first-order chi connectivity index (χ1) is 7.33. The second-order valence-corrected chi connectivity index (χ2v) is 5.32. The summed E-state index contributed by atoms with van der Waals surface area (Å²) in [7, 11) is 0. The van der Waals surface area contributed by atoms with E-state index in [0.29, 0.717) is 0 Å². The molecule has 0 saturated heterocycles. The molecule has 0 N–H and O–H groups in total. The maximum absolute atomic E-state index is 12.2. The van der Waals surface area contributed by atoms with Crippen molar-refractivity contribution in [2.45, 2.75) is 23.7 Å². The molecule has 16 heavy (non-hydrogen) atoms. The maximum atomic E-state index is 12.2. The number of thioether (sulfide) groups is 1. The third kappa shape index (κ3) is 3.97. The molecule has 6 heteroatoms. The van der Waals surface area contributed by atoms with E-state index < -0.39 is 5.51 Å². The zero-order valence-corrected chi connectivity index (χ0v) is 11.2. The van der Waals surface area contributed by atoms with Crippen LogP contribution in [0.4, 0.5) is 13.2 Å². The third-order valence-electron chi connectivity index (χ3n) is 1.79. The molecule has 1 rings (SSSR count). The Balaban J connectivity index is 3.13. The second-order valence-electron chi connectivity index (χ2n) is 2.97. The Morgan fingerprint density at radius 3 is 2.56 bits per heavy atom. The molecule has 0 aliphatic heterocycles. The summed E-state index contributed by atoms with van der Waals surface area (Å²) in [5, 5.41) is 0. The SMILES string of the molecule is CCC(=O)c1cc(I)ccc1SC(F)(F)F. The lowest BCUT2D eigenvalue weighted by molar-refractivity contribution is -0.0328. The monoisotopic (exact) mass is 360 g/mol. The largest absolute Gasteiger partial charge is 0.446 e. The van der Waals surface area contributed by atoms with E-state index in [4.69, 9.17) is 0 Å². The highest BCUT2D eigenvalue weighted by Gasteiger charge is 2.31. The first-order valence-corrected chi connectivity index (χ1v) is 6.31. The van der Waals surface area contributed by atoms with Crippen LogP contribution in [-0.4, -0.2) is 11.3 Å².